The highest BCUT2D eigenvalue weighted by Crippen LogP contribution is 2.36. The van der Waals surface area contributed by atoms with Crippen LogP contribution in [-0.2, 0) is 15.8 Å². The van der Waals surface area contributed by atoms with Crippen LogP contribution in [0.4, 0.5) is 18.9 Å². The molecule has 0 saturated carbocycles. The van der Waals surface area contributed by atoms with Gasteiger partial charge in [-0.2, -0.15) is 18.4 Å². The molecular weight excluding hydrogens is 467 g/mol. The van der Waals surface area contributed by atoms with Crippen LogP contribution in [0.5, 0.6) is 0 Å². The van der Waals surface area contributed by atoms with Crippen LogP contribution in [0.25, 0.3) is 0 Å². The average Bonchev–Trinajstić information content (AvgIpc) is 3.01. The van der Waals surface area contributed by atoms with Gasteiger partial charge in [0.15, 0.2) is 5.11 Å². The molecule has 1 N–H and O–H groups in total. The Labute approximate surface area is 201 Å². The fourth-order valence-electron chi connectivity index (χ4n) is 4.13. The van der Waals surface area contributed by atoms with Crippen LogP contribution in [0.15, 0.2) is 29.3 Å². The van der Waals surface area contributed by atoms with Crippen molar-refractivity contribution >= 4 is 34.8 Å². The molecule has 1 aromatic rings. The summed E-state index contributed by atoms with van der Waals surface area (Å²) in [4.78, 5) is 30.8. The number of hydrogen-bond acceptors (Lipinski definition) is 5. The van der Waals surface area contributed by atoms with Crippen molar-refractivity contribution in [2.45, 2.75) is 32.9 Å². The first-order valence-electron chi connectivity index (χ1n) is 11.0. The molecule has 1 aromatic carbocycles. The zero-order valence-corrected chi connectivity index (χ0v) is 19.9. The van der Waals surface area contributed by atoms with E-state index in [0.29, 0.717) is 24.5 Å². The first-order valence-corrected chi connectivity index (χ1v) is 11.4. The zero-order valence-electron chi connectivity index (χ0n) is 19.0. The first kappa shape index (κ1) is 25.6. The number of halogens is 3. The number of benzene rings is 1. The van der Waals surface area contributed by atoms with E-state index in [2.05, 4.69) is 15.1 Å². The SMILES string of the molecule is CCNC(=S)N1CCN(CCCC2=C(C)C(=O)N(c3ccc(C#N)c(C(F)(F)F)c3)C2=O)CC1. The van der Waals surface area contributed by atoms with E-state index < -0.39 is 29.1 Å². The predicted octanol–water partition coefficient (Wildman–Crippen LogP) is 3.06. The number of nitrogens with zero attached hydrogens (tertiary/aromatic N) is 4. The Morgan fingerprint density at radius 2 is 1.85 bits per heavy atom. The highest BCUT2D eigenvalue weighted by atomic mass is 32.1. The van der Waals surface area contributed by atoms with Crippen molar-refractivity contribution in [3.63, 3.8) is 0 Å². The maximum absolute atomic E-state index is 13.3. The zero-order chi connectivity index (χ0) is 25.0. The van der Waals surface area contributed by atoms with Crippen molar-refractivity contribution < 1.29 is 22.8 Å². The molecule has 11 heteroatoms. The number of carbonyl (C=O) groups excluding carboxylic acids is 2. The van der Waals surface area contributed by atoms with Crippen molar-refractivity contribution in [2.24, 2.45) is 0 Å². The molecule has 2 heterocycles. The quantitative estimate of drug-likeness (QED) is 0.482. The molecule has 2 aliphatic rings. The molecule has 1 fully saturated rings. The van der Waals surface area contributed by atoms with Gasteiger partial charge in [0.05, 0.1) is 22.9 Å². The Balaban J connectivity index is 1.62. The van der Waals surface area contributed by atoms with E-state index in [1.807, 2.05) is 6.92 Å². The lowest BCUT2D eigenvalue weighted by Crippen LogP contribution is -2.51. The van der Waals surface area contributed by atoms with Crippen molar-refractivity contribution in [2.75, 3.05) is 44.2 Å². The molecule has 7 nitrogen and oxygen atoms in total. The minimum absolute atomic E-state index is 0.191. The summed E-state index contributed by atoms with van der Waals surface area (Å²) in [5, 5.41) is 12.9. The van der Waals surface area contributed by atoms with Crippen molar-refractivity contribution in [1.29, 1.82) is 5.26 Å². The van der Waals surface area contributed by atoms with Crippen LogP contribution in [-0.4, -0.2) is 66.0 Å². The Kier molecular flexibility index (Phi) is 7.94. The van der Waals surface area contributed by atoms with Gasteiger partial charge in [-0.15, -0.1) is 0 Å². The number of carbonyl (C=O) groups is 2. The van der Waals surface area contributed by atoms with Crippen molar-refractivity contribution in [3.05, 3.63) is 40.5 Å². The summed E-state index contributed by atoms with van der Waals surface area (Å²) in [5.41, 5.74) is -1.37. The van der Waals surface area contributed by atoms with Gasteiger partial charge in [0.1, 0.15) is 0 Å². The molecule has 0 atom stereocenters. The van der Waals surface area contributed by atoms with Crippen molar-refractivity contribution in [1.82, 2.24) is 15.1 Å². The van der Waals surface area contributed by atoms with Gasteiger partial charge in [0, 0.05) is 43.9 Å². The summed E-state index contributed by atoms with van der Waals surface area (Å²) >= 11 is 5.34. The molecular formula is C23H26F3N5O2S. The smallest absolute Gasteiger partial charge is 0.363 e. The number of hydrogen-bond donors (Lipinski definition) is 1. The van der Waals surface area contributed by atoms with Crippen LogP contribution in [0.2, 0.25) is 0 Å². The number of nitrogens with one attached hydrogen (secondary N) is 1. The van der Waals surface area contributed by atoms with E-state index in [4.69, 9.17) is 17.5 Å². The minimum atomic E-state index is -4.78. The number of alkyl halides is 3. The largest absolute Gasteiger partial charge is 0.417 e. The normalized spacial score (nSPS) is 17.4. The number of nitriles is 1. The monoisotopic (exact) mass is 493 g/mol. The first-order chi connectivity index (χ1) is 16.1. The number of rotatable bonds is 6. The predicted molar refractivity (Wildman–Crippen MR) is 125 cm³/mol. The Morgan fingerprint density at radius 3 is 2.44 bits per heavy atom. The summed E-state index contributed by atoms with van der Waals surface area (Å²) in [6.07, 6.45) is -3.79. The number of imide groups is 1. The molecule has 0 unspecified atom stereocenters. The van der Waals surface area contributed by atoms with Gasteiger partial charge in [-0.25, -0.2) is 4.90 Å². The summed E-state index contributed by atoms with van der Waals surface area (Å²) < 4.78 is 40.0. The molecule has 2 aliphatic heterocycles. The molecule has 0 aliphatic carbocycles. The second-order valence-electron chi connectivity index (χ2n) is 8.16. The third-order valence-electron chi connectivity index (χ3n) is 6.01. The lowest BCUT2D eigenvalue weighted by molar-refractivity contribution is -0.138. The van der Waals surface area contributed by atoms with E-state index >= 15 is 0 Å². The summed E-state index contributed by atoms with van der Waals surface area (Å²) in [6.45, 7) is 8.28. The van der Waals surface area contributed by atoms with Gasteiger partial charge in [-0.3, -0.25) is 14.5 Å². The van der Waals surface area contributed by atoms with Crippen molar-refractivity contribution in [3.8, 4) is 6.07 Å². The minimum Gasteiger partial charge on any atom is -0.363 e. The lowest BCUT2D eigenvalue weighted by Gasteiger charge is -2.36. The van der Waals surface area contributed by atoms with E-state index in [-0.39, 0.29) is 11.3 Å². The lowest BCUT2D eigenvalue weighted by atomic mass is 10.1. The molecule has 182 valence electrons. The fourth-order valence-corrected chi connectivity index (χ4v) is 4.46. The van der Waals surface area contributed by atoms with Crippen LogP contribution in [0.1, 0.15) is 37.8 Å². The van der Waals surface area contributed by atoms with Crippen LogP contribution in [0.3, 0.4) is 0 Å². The number of piperazine rings is 1. The number of thiocarbonyl (C=S) groups is 1. The Hall–Kier alpha value is -2.97. The third-order valence-corrected chi connectivity index (χ3v) is 6.42. The van der Waals surface area contributed by atoms with Gasteiger partial charge >= 0.3 is 6.18 Å². The standard InChI is InChI=1S/C23H26F3N5O2S/c1-3-28-22(34)30-11-9-29(10-12-30)8-4-5-18-15(2)20(32)31(21(18)33)17-7-6-16(14-27)19(13-17)23(24,25)26/h6-7,13H,3-5,8-12H2,1-2H3,(H,28,34). The molecule has 0 aromatic heterocycles. The van der Waals surface area contributed by atoms with Gasteiger partial charge in [0.25, 0.3) is 11.8 Å². The fraction of sp³-hybridized carbons (Fsp3) is 0.478. The highest BCUT2D eigenvalue weighted by molar-refractivity contribution is 7.80. The van der Waals surface area contributed by atoms with Crippen LogP contribution < -0.4 is 10.2 Å². The summed E-state index contributed by atoms with van der Waals surface area (Å²) in [7, 11) is 0. The maximum atomic E-state index is 13.3. The number of anilines is 1. The maximum Gasteiger partial charge on any atom is 0.417 e. The number of amides is 2. The summed E-state index contributed by atoms with van der Waals surface area (Å²) in [6, 6.07) is 4.35. The van der Waals surface area contributed by atoms with E-state index in [1.54, 1.807) is 0 Å². The van der Waals surface area contributed by atoms with Gasteiger partial charge in [-0.1, -0.05) is 0 Å². The van der Waals surface area contributed by atoms with Crippen LogP contribution >= 0.6 is 12.2 Å². The second-order valence-corrected chi connectivity index (χ2v) is 8.54. The molecule has 0 spiro atoms. The Morgan fingerprint density at radius 1 is 1.18 bits per heavy atom. The van der Waals surface area contributed by atoms with E-state index in [1.165, 1.54) is 19.1 Å². The molecule has 34 heavy (non-hydrogen) atoms. The second kappa shape index (κ2) is 10.5. The topological polar surface area (TPSA) is 79.7 Å². The van der Waals surface area contributed by atoms with Gasteiger partial charge in [0.2, 0.25) is 0 Å². The third kappa shape index (κ3) is 5.39. The molecule has 0 radical (unpaired) electrons. The Bertz CT molecular complexity index is 1060. The molecule has 2 amide bonds. The van der Waals surface area contributed by atoms with Gasteiger partial charge < -0.3 is 10.2 Å². The molecule has 1 saturated heterocycles. The van der Waals surface area contributed by atoms with E-state index in [0.717, 1.165) is 55.3 Å². The summed E-state index contributed by atoms with van der Waals surface area (Å²) in [5.74, 6) is -1.25. The van der Waals surface area contributed by atoms with Crippen LogP contribution in [0, 0.1) is 11.3 Å². The van der Waals surface area contributed by atoms with E-state index in [9.17, 15) is 22.8 Å². The highest BCUT2D eigenvalue weighted by Gasteiger charge is 2.39. The molecule has 3 rings (SSSR count). The molecule has 0 bridgehead atoms. The average molecular weight is 494 g/mol. The van der Waals surface area contributed by atoms with Gasteiger partial charge in [-0.05, 0) is 63.7 Å².